The van der Waals surface area contributed by atoms with Gasteiger partial charge in [-0.15, -0.1) is 13.2 Å². The molecule has 0 unspecified atom stereocenters. The minimum absolute atomic E-state index is 0.237. The molecule has 10 heteroatoms. The predicted octanol–water partition coefficient (Wildman–Crippen LogP) is 3.59. The number of carbonyl (C=O) groups excluding carboxylic acids is 2. The summed E-state index contributed by atoms with van der Waals surface area (Å²) in [5.41, 5.74) is 0.237. The second-order valence-corrected chi connectivity index (χ2v) is 6.03. The van der Waals surface area contributed by atoms with Gasteiger partial charge in [-0.1, -0.05) is 0 Å². The van der Waals surface area contributed by atoms with Gasteiger partial charge in [-0.25, -0.2) is 4.39 Å². The van der Waals surface area contributed by atoms with Crippen LogP contribution >= 0.6 is 0 Å². The Bertz CT molecular complexity index is 839. The molecule has 1 N–H and O–H groups in total. The zero-order valence-corrected chi connectivity index (χ0v) is 15.5. The van der Waals surface area contributed by atoms with Gasteiger partial charge in [0.2, 0.25) is 5.91 Å². The fourth-order valence-corrected chi connectivity index (χ4v) is 2.31. The van der Waals surface area contributed by atoms with E-state index in [2.05, 4.69) is 10.1 Å². The maximum Gasteiger partial charge on any atom is 0.573 e. The second-order valence-electron chi connectivity index (χ2n) is 6.03. The van der Waals surface area contributed by atoms with Gasteiger partial charge in [-0.3, -0.25) is 9.59 Å². The first-order valence-electron chi connectivity index (χ1n) is 8.36. The van der Waals surface area contributed by atoms with Gasteiger partial charge in [0.1, 0.15) is 17.3 Å². The Morgan fingerprint density at radius 3 is 2.14 bits per heavy atom. The molecule has 2 aromatic rings. The minimum Gasteiger partial charge on any atom is -0.481 e. The van der Waals surface area contributed by atoms with Crippen molar-refractivity contribution in [2.45, 2.75) is 19.4 Å². The molecule has 156 valence electrons. The predicted molar refractivity (Wildman–Crippen MR) is 95.9 cm³/mol. The van der Waals surface area contributed by atoms with Crippen molar-refractivity contribution in [3.05, 3.63) is 54.3 Å². The highest BCUT2D eigenvalue weighted by Gasteiger charge is 2.31. The van der Waals surface area contributed by atoms with Crippen molar-refractivity contribution in [3.8, 4) is 11.5 Å². The van der Waals surface area contributed by atoms with Crippen molar-refractivity contribution in [2.24, 2.45) is 0 Å². The molecule has 0 spiro atoms. The van der Waals surface area contributed by atoms with Crippen LogP contribution in [-0.4, -0.2) is 42.8 Å². The lowest BCUT2D eigenvalue weighted by Crippen LogP contribution is -2.41. The number of likely N-dealkylation sites (N-methyl/N-ethyl adjacent to an activating group) is 1. The first-order valence-corrected chi connectivity index (χ1v) is 8.36. The number of rotatable bonds is 7. The van der Waals surface area contributed by atoms with Gasteiger partial charge in [-0.2, -0.15) is 0 Å². The third-order valence-electron chi connectivity index (χ3n) is 3.60. The number of halogens is 4. The average Bonchev–Trinajstić information content (AvgIpc) is 2.63. The molecular formula is C19H18F4N2O4. The number of benzene rings is 2. The summed E-state index contributed by atoms with van der Waals surface area (Å²) in [6, 6.07) is 9.70. The van der Waals surface area contributed by atoms with Crippen molar-refractivity contribution >= 4 is 17.5 Å². The smallest absolute Gasteiger partial charge is 0.481 e. The molecule has 29 heavy (non-hydrogen) atoms. The zero-order chi connectivity index (χ0) is 21.6. The lowest BCUT2D eigenvalue weighted by molar-refractivity contribution is -0.274. The Labute approximate surface area is 164 Å². The van der Waals surface area contributed by atoms with Gasteiger partial charge in [0.15, 0.2) is 6.10 Å². The molecule has 0 saturated carbocycles. The van der Waals surface area contributed by atoms with Crippen LogP contribution in [0.4, 0.5) is 23.2 Å². The maximum absolute atomic E-state index is 12.9. The Hall–Kier alpha value is -3.30. The molecule has 2 aromatic carbocycles. The highest BCUT2D eigenvalue weighted by atomic mass is 19.4. The van der Waals surface area contributed by atoms with Crippen LogP contribution in [-0.2, 0) is 9.59 Å². The van der Waals surface area contributed by atoms with Gasteiger partial charge < -0.3 is 19.7 Å². The fraction of sp³-hybridized carbons (Fsp3) is 0.263. The van der Waals surface area contributed by atoms with Gasteiger partial charge in [0.25, 0.3) is 5.91 Å². The van der Waals surface area contributed by atoms with E-state index in [4.69, 9.17) is 4.74 Å². The number of hydrogen-bond donors (Lipinski definition) is 1. The molecule has 2 amide bonds. The third kappa shape index (κ3) is 7.32. The molecule has 2 rings (SSSR count). The Balaban J connectivity index is 1.85. The van der Waals surface area contributed by atoms with Crippen molar-refractivity contribution < 1.29 is 36.6 Å². The first kappa shape index (κ1) is 22.0. The van der Waals surface area contributed by atoms with E-state index in [1.54, 1.807) is 0 Å². The molecule has 0 fully saturated rings. The van der Waals surface area contributed by atoms with Crippen LogP contribution in [0.5, 0.6) is 11.5 Å². The van der Waals surface area contributed by atoms with E-state index in [1.807, 2.05) is 0 Å². The van der Waals surface area contributed by atoms with E-state index < -0.39 is 35.8 Å². The molecule has 1 atom stereocenters. The highest BCUT2D eigenvalue weighted by Crippen LogP contribution is 2.24. The quantitative estimate of drug-likeness (QED) is 0.704. The zero-order valence-electron chi connectivity index (χ0n) is 15.5. The number of ether oxygens (including phenoxy) is 2. The summed E-state index contributed by atoms with van der Waals surface area (Å²) in [5.74, 6) is -1.61. The molecular weight excluding hydrogens is 396 g/mol. The summed E-state index contributed by atoms with van der Waals surface area (Å²) < 4.78 is 58.5. The molecule has 0 aliphatic rings. The number of nitrogens with one attached hydrogen (secondary N) is 1. The largest absolute Gasteiger partial charge is 0.573 e. The van der Waals surface area contributed by atoms with Crippen molar-refractivity contribution in [2.75, 3.05) is 18.9 Å². The molecule has 0 aliphatic carbocycles. The lowest BCUT2D eigenvalue weighted by atomic mass is 10.3. The normalized spacial score (nSPS) is 12.1. The maximum atomic E-state index is 12.9. The van der Waals surface area contributed by atoms with Crippen LogP contribution in [0.15, 0.2) is 48.5 Å². The average molecular weight is 414 g/mol. The van der Waals surface area contributed by atoms with E-state index >= 15 is 0 Å². The second kappa shape index (κ2) is 9.26. The number of nitrogens with zero attached hydrogens (tertiary/aromatic N) is 1. The Morgan fingerprint density at radius 2 is 1.59 bits per heavy atom. The number of hydrogen-bond acceptors (Lipinski definition) is 4. The number of alkyl halides is 3. The summed E-state index contributed by atoms with van der Waals surface area (Å²) in [4.78, 5) is 25.5. The molecule has 0 saturated heterocycles. The van der Waals surface area contributed by atoms with Crippen LogP contribution in [0.3, 0.4) is 0 Å². The SMILES string of the molecule is C[C@@H](Oc1ccc(F)cc1)C(=O)N(C)CC(=O)Nc1ccc(OC(F)(F)F)cc1. The topological polar surface area (TPSA) is 67.9 Å². The lowest BCUT2D eigenvalue weighted by Gasteiger charge is -2.21. The molecule has 0 radical (unpaired) electrons. The van der Waals surface area contributed by atoms with Crippen LogP contribution in [0, 0.1) is 5.82 Å². The van der Waals surface area contributed by atoms with Crippen LogP contribution in [0.2, 0.25) is 0 Å². The van der Waals surface area contributed by atoms with Gasteiger partial charge in [0.05, 0.1) is 6.54 Å². The Kier molecular flexibility index (Phi) is 7.03. The van der Waals surface area contributed by atoms with Crippen molar-refractivity contribution in [3.63, 3.8) is 0 Å². The van der Waals surface area contributed by atoms with Crippen molar-refractivity contribution in [1.82, 2.24) is 4.90 Å². The fourth-order valence-electron chi connectivity index (χ4n) is 2.31. The van der Waals surface area contributed by atoms with Gasteiger partial charge in [0, 0.05) is 12.7 Å². The third-order valence-corrected chi connectivity index (χ3v) is 3.60. The van der Waals surface area contributed by atoms with Crippen LogP contribution in [0.1, 0.15) is 6.92 Å². The molecule has 6 nitrogen and oxygen atoms in total. The van der Waals surface area contributed by atoms with E-state index in [1.165, 1.54) is 50.4 Å². The highest BCUT2D eigenvalue weighted by molar-refractivity contribution is 5.95. The van der Waals surface area contributed by atoms with E-state index in [0.29, 0.717) is 5.75 Å². The van der Waals surface area contributed by atoms with Crippen molar-refractivity contribution in [1.29, 1.82) is 0 Å². The molecule has 0 aliphatic heterocycles. The Morgan fingerprint density at radius 1 is 1.03 bits per heavy atom. The standard InChI is InChI=1S/C19H18F4N2O4/c1-12(28-15-7-3-13(20)4-8-15)18(27)25(2)11-17(26)24-14-5-9-16(10-6-14)29-19(21,22)23/h3-10,12H,11H2,1-2H3,(H,24,26)/t12-/m1/s1. The minimum atomic E-state index is -4.81. The van der Waals surface area contributed by atoms with E-state index in [0.717, 1.165) is 17.0 Å². The van der Waals surface area contributed by atoms with Gasteiger partial charge >= 0.3 is 6.36 Å². The van der Waals surface area contributed by atoms with Crippen LogP contribution < -0.4 is 14.8 Å². The summed E-state index contributed by atoms with van der Waals surface area (Å²) in [6.07, 6.45) is -5.72. The summed E-state index contributed by atoms with van der Waals surface area (Å²) in [5, 5.41) is 2.46. The number of amides is 2. The summed E-state index contributed by atoms with van der Waals surface area (Å²) in [7, 11) is 1.40. The molecule has 0 aromatic heterocycles. The van der Waals surface area contributed by atoms with E-state index in [9.17, 15) is 27.2 Å². The van der Waals surface area contributed by atoms with Gasteiger partial charge in [-0.05, 0) is 55.5 Å². The van der Waals surface area contributed by atoms with Crippen LogP contribution in [0.25, 0.3) is 0 Å². The monoisotopic (exact) mass is 414 g/mol. The number of anilines is 1. The first-order chi connectivity index (χ1) is 13.5. The number of carbonyl (C=O) groups is 2. The summed E-state index contributed by atoms with van der Waals surface area (Å²) in [6.45, 7) is 1.18. The molecule has 0 bridgehead atoms. The molecule has 0 heterocycles. The summed E-state index contributed by atoms with van der Waals surface area (Å²) >= 11 is 0. The van der Waals surface area contributed by atoms with E-state index in [-0.39, 0.29) is 12.2 Å².